The number of nitrogens with zero attached hydrogens (tertiary/aromatic N) is 2. The number of halogens is 4. The summed E-state index contributed by atoms with van der Waals surface area (Å²) in [5, 5.41) is 22.3. The lowest BCUT2D eigenvalue weighted by atomic mass is 10.1. The van der Waals surface area contributed by atoms with E-state index in [4.69, 9.17) is 39.9 Å². The number of benzene rings is 1. The number of carboxylic acids is 1. The highest BCUT2D eigenvalue weighted by molar-refractivity contribution is 6.46. The lowest BCUT2D eigenvalue weighted by Gasteiger charge is -2.12. The number of aromatic hydroxyl groups is 1. The Kier molecular flexibility index (Phi) is 6.05. The summed E-state index contributed by atoms with van der Waals surface area (Å²) in [4.78, 5) is 14.7. The molecule has 1 aromatic carbocycles. The highest BCUT2D eigenvalue weighted by atomic mass is 35.5. The molecule has 0 amide bonds. The van der Waals surface area contributed by atoms with Crippen molar-refractivity contribution in [3.63, 3.8) is 0 Å². The van der Waals surface area contributed by atoms with Gasteiger partial charge in [0.15, 0.2) is 10.8 Å². The standard InChI is InChI=1S/C15H11Cl3FN3O3/c1-2-8(7-5-6(19)3-4-9(7)23)21-22-12-10(16)13(15(24)25)20-14(18)11(12)17/h3-5,23H,2H2,1H3,(H,20,22)(H,24,25)/b21-8+. The highest BCUT2D eigenvalue weighted by Crippen LogP contribution is 2.37. The molecule has 0 radical (unpaired) electrons. The number of carbonyl (C=O) groups is 1. The topological polar surface area (TPSA) is 94.8 Å². The van der Waals surface area contributed by atoms with Gasteiger partial charge in [0.1, 0.15) is 21.6 Å². The highest BCUT2D eigenvalue weighted by Gasteiger charge is 2.21. The van der Waals surface area contributed by atoms with Gasteiger partial charge >= 0.3 is 5.97 Å². The van der Waals surface area contributed by atoms with Crippen LogP contribution in [0, 0.1) is 5.82 Å². The molecule has 0 spiro atoms. The number of anilines is 1. The molecule has 0 aliphatic carbocycles. The number of nitrogens with one attached hydrogen (secondary N) is 1. The summed E-state index contributed by atoms with van der Waals surface area (Å²) < 4.78 is 13.4. The minimum Gasteiger partial charge on any atom is -0.507 e. The van der Waals surface area contributed by atoms with Crippen LogP contribution >= 0.6 is 34.8 Å². The van der Waals surface area contributed by atoms with Gasteiger partial charge in [-0.05, 0) is 24.6 Å². The third-order valence-corrected chi connectivity index (χ3v) is 4.25. The fourth-order valence-electron chi connectivity index (χ4n) is 1.95. The van der Waals surface area contributed by atoms with Gasteiger partial charge in [0, 0.05) is 5.56 Å². The molecule has 25 heavy (non-hydrogen) atoms. The molecule has 0 aliphatic rings. The van der Waals surface area contributed by atoms with Crippen LogP contribution in [0.15, 0.2) is 23.3 Å². The number of aromatic carboxylic acids is 1. The van der Waals surface area contributed by atoms with E-state index in [2.05, 4.69) is 15.5 Å². The largest absolute Gasteiger partial charge is 0.507 e. The maximum Gasteiger partial charge on any atom is 0.356 e. The third-order valence-electron chi connectivity index (χ3n) is 3.15. The summed E-state index contributed by atoms with van der Waals surface area (Å²) in [6.45, 7) is 1.73. The lowest BCUT2D eigenvalue weighted by molar-refractivity contribution is 0.0691. The Labute approximate surface area is 156 Å². The van der Waals surface area contributed by atoms with E-state index in [-0.39, 0.29) is 37.9 Å². The van der Waals surface area contributed by atoms with Crippen molar-refractivity contribution in [1.82, 2.24) is 4.98 Å². The van der Waals surface area contributed by atoms with Gasteiger partial charge in [-0.3, -0.25) is 5.43 Å². The summed E-state index contributed by atoms with van der Waals surface area (Å²) in [7, 11) is 0. The van der Waals surface area contributed by atoms with Crippen molar-refractivity contribution in [3.8, 4) is 5.75 Å². The molecule has 0 aliphatic heterocycles. The predicted molar refractivity (Wildman–Crippen MR) is 94.7 cm³/mol. The molecule has 6 nitrogen and oxygen atoms in total. The molecule has 1 aromatic heterocycles. The van der Waals surface area contributed by atoms with Crippen LogP contribution in [-0.4, -0.2) is 26.9 Å². The Balaban J connectivity index is 2.49. The first-order valence-corrected chi connectivity index (χ1v) is 7.98. The van der Waals surface area contributed by atoms with Crippen LogP contribution in [0.4, 0.5) is 10.1 Å². The molecule has 0 unspecified atom stereocenters. The molecule has 0 fully saturated rings. The molecule has 2 rings (SSSR count). The fourth-order valence-corrected chi connectivity index (χ4v) is 2.61. The zero-order valence-corrected chi connectivity index (χ0v) is 14.9. The number of phenolic OH excluding ortho intramolecular Hbond substituents is 1. The summed E-state index contributed by atoms with van der Waals surface area (Å²) >= 11 is 17.8. The average molecular weight is 407 g/mol. The summed E-state index contributed by atoms with van der Waals surface area (Å²) in [5.74, 6) is -2.11. The van der Waals surface area contributed by atoms with Gasteiger partial charge in [-0.15, -0.1) is 0 Å². The van der Waals surface area contributed by atoms with E-state index in [1.807, 2.05) is 0 Å². The summed E-state index contributed by atoms with van der Waals surface area (Å²) in [5.41, 5.74) is 2.40. The van der Waals surface area contributed by atoms with E-state index in [0.29, 0.717) is 6.42 Å². The number of aromatic nitrogens is 1. The van der Waals surface area contributed by atoms with Gasteiger partial charge in [0.25, 0.3) is 0 Å². The quantitative estimate of drug-likeness (QED) is 0.376. The summed E-state index contributed by atoms with van der Waals surface area (Å²) in [6.07, 6.45) is 0.323. The Hall–Kier alpha value is -2.09. The molecule has 0 saturated heterocycles. The predicted octanol–water partition coefficient (Wildman–Crippen LogP) is 4.81. The number of hydrogen-bond acceptors (Lipinski definition) is 5. The van der Waals surface area contributed by atoms with Crippen LogP contribution < -0.4 is 5.43 Å². The molecule has 2 aromatic rings. The van der Waals surface area contributed by atoms with Crippen LogP contribution in [0.3, 0.4) is 0 Å². The number of rotatable bonds is 5. The van der Waals surface area contributed by atoms with Gasteiger partial charge in [0.2, 0.25) is 0 Å². The molecule has 0 atom stereocenters. The first-order chi connectivity index (χ1) is 11.8. The molecule has 132 valence electrons. The van der Waals surface area contributed by atoms with Crippen molar-refractivity contribution < 1.29 is 19.4 Å². The van der Waals surface area contributed by atoms with Gasteiger partial charge < -0.3 is 10.2 Å². The van der Waals surface area contributed by atoms with E-state index in [0.717, 1.165) is 12.1 Å². The zero-order valence-electron chi connectivity index (χ0n) is 12.6. The van der Waals surface area contributed by atoms with Crippen molar-refractivity contribution in [2.45, 2.75) is 13.3 Å². The van der Waals surface area contributed by atoms with Crippen LogP contribution in [-0.2, 0) is 0 Å². The van der Waals surface area contributed by atoms with Crippen LogP contribution in [0.5, 0.6) is 5.75 Å². The number of pyridine rings is 1. The second-order valence-electron chi connectivity index (χ2n) is 4.74. The van der Waals surface area contributed by atoms with Crippen molar-refractivity contribution in [2.75, 3.05) is 5.43 Å². The number of phenols is 1. The normalized spacial score (nSPS) is 11.5. The second-order valence-corrected chi connectivity index (χ2v) is 5.86. The maximum absolute atomic E-state index is 13.4. The van der Waals surface area contributed by atoms with Crippen LogP contribution in [0.1, 0.15) is 29.4 Å². The van der Waals surface area contributed by atoms with Gasteiger partial charge in [-0.25, -0.2) is 14.2 Å². The molecular formula is C15H11Cl3FN3O3. The molecule has 0 saturated carbocycles. The molecule has 1 heterocycles. The Morgan fingerprint density at radius 1 is 1.32 bits per heavy atom. The minimum absolute atomic E-state index is 0.0671. The lowest BCUT2D eigenvalue weighted by Crippen LogP contribution is -2.08. The zero-order chi connectivity index (χ0) is 18.7. The van der Waals surface area contributed by atoms with Crippen LogP contribution in [0.25, 0.3) is 0 Å². The molecule has 3 N–H and O–H groups in total. The van der Waals surface area contributed by atoms with Gasteiger partial charge in [-0.2, -0.15) is 5.10 Å². The van der Waals surface area contributed by atoms with Gasteiger partial charge in [0.05, 0.1) is 11.4 Å². The first-order valence-electron chi connectivity index (χ1n) is 6.85. The monoisotopic (exact) mass is 405 g/mol. The molecular weight excluding hydrogens is 396 g/mol. The molecule has 0 bridgehead atoms. The van der Waals surface area contributed by atoms with E-state index < -0.39 is 17.5 Å². The minimum atomic E-state index is -1.39. The first kappa shape index (κ1) is 19.2. The maximum atomic E-state index is 13.4. The Morgan fingerprint density at radius 2 is 2.00 bits per heavy atom. The van der Waals surface area contributed by atoms with Gasteiger partial charge in [-0.1, -0.05) is 41.7 Å². The third kappa shape index (κ3) is 4.12. The second kappa shape index (κ2) is 7.86. The Morgan fingerprint density at radius 3 is 2.60 bits per heavy atom. The van der Waals surface area contributed by atoms with E-state index in [1.54, 1.807) is 6.92 Å². The SMILES string of the molecule is CC/C(=N\Nc1c(Cl)c(Cl)nc(C(=O)O)c1Cl)c1cc(F)ccc1O. The number of carboxylic acid groups (broad SMARTS) is 1. The smallest absolute Gasteiger partial charge is 0.356 e. The van der Waals surface area contributed by atoms with Crippen LogP contribution in [0.2, 0.25) is 15.2 Å². The molecule has 10 heteroatoms. The summed E-state index contributed by atoms with van der Waals surface area (Å²) in [6, 6.07) is 3.42. The van der Waals surface area contributed by atoms with Crippen molar-refractivity contribution in [2.24, 2.45) is 5.10 Å². The fraction of sp³-hybridized carbons (Fsp3) is 0.133. The van der Waals surface area contributed by atoms with E-state index in [1.165, 1.54) is 6.07 Å². The number of hydrazone groups is 1. The Bertz CT molecular complexity index is 875. The van der Waals surface area contributed by atoms with E-state index >= 15 is 0 Å². The van der Waals surface area contributed by atoms with Crippen molar-refractivity contribution in [3.05, 3.63) is 50.5 Å². The van der Waals surface area contributed by atoms with Crippen molar-refractivity contribution >= 4 is 52.2 Å². The average Bonchev–Trinajstić information content (AvgIpc) is 2.56. The van der Waals surface area contributed by atoms with E-state index in [9.17, 15) is 14.3 Å². The van der Waals surface area contributed by atoms with Crippen molar-refractivity contribution in [1.29, 1.82) is 0 Å². The number of hydrogen-bond donors (Lipinski definition) is 3.